The molecule has 130 valence electrons. The molecular weight excluding hydrogens is 435 g/mol. The lowest BCUT2D eigenvalue weighted by atomic mass is 10.2. The topological polar surface area (TPSA) is 55.6 Å². The van der Waals surface area contributed by atoms with Crippen molar-refractivity contribution >= 4 is 52.3 Å². The van der Waals surface area contributed by atoms with Crippen LogP contribution in [0, 0.1) is 11.6 Å². The Morgan fingerprint density at radius 2 is 2.00 bits per heavy atom. The first-order valence-corrected chi connectivity index (χ1v) is 10.4. The lowest BCUT2D eigenvalue weighted by molar-refractivity contribution is 0.614. The normalized spacial score (nSPS) is 11.2. The van der Waals surface area contributed by atoms with E-state index in [-0.39, 0.29) is 11.0 Å². The van der Waals surface area contributed by atoms with Gasteiger partial charge in [-0.2, -0.15) is 10.1 Å². The minimum Gasteiger partial charge on any atom is -0.339 e. The number of rotatable bonds is 4. The van der Waals surface area contributed by atoms with Crippen LogP contribution in [0.5, 0.6) is 0 Å². The van der Waals surface area contributed by atoms with E-state index in [1.54, 1.807) is 6.07 Å². The molecule has 0 aliphatic carbocycles. The highest BCUT2D eigenvalue weighted by atomic mass is 79.9. The van der Waals surface area contributed by atoms with Gasteiger partial charge >= 0.3 is 0 Å². The van der Waals surface area contributed by atoms with Gasteiger partial charge in [-0.15, -0.1) is 0 Å². The van der Waals surface area contributed by atoms with Crippen molar-refractivity contribution in [1.82, 2.24) is 19.7 Å². The van der Waals surface area contributed by atoms with Crippen LogP contribution >= 0.6 is 35.5 Å². The van der Waals surface area contributed by atoms with Crippen molar-refractivity contribution in [1.29, 1.82) is 0 Å². The van der Waals surface area contributed by atoms with Crippen LogP contribution in [0.2, 0.25) is 5.28 Å². The summed E-state index contributed by atoms with van der Waals surface area (Å²) in [6, 6.07) is 3.24. The second-order valence-corrected chi connectivity index (χ2v) is 8.68. The predicted octanol–water partition coefficient (Wildman–Crippen LogP) is 4.47. The standard InChI is InChI=1S/C15H12BrClF2N5P/c1-25(2)13-10(22-14-9(16)6-20-15(17)23-14)3-4-11(12(13)19)24-7-8(18)5-21-24/h3-7H,1-2H3,(H,20,22,23). The summed E-state index contributed by atoms with van der Waals surface area (Å²) < 4.78 is 30.1. The number of anilines is 2. The first-order chi connectivity index (χ1) is 11.9. The molecule has 10 heteroatoms. The SMILES string of the molecule is CP(C)c1c(Nc2nc(Cl)ncc2Br)ccc(-n2cc(F)cn2)c1F. The fraction of sp³-hybridized carbons (Fsp3) is 0.133. The van der Waals surface area contributed by atoms with E-state index < -0.39 is 19.6 Å². The zero-order chi connectivity index (χ0) is 18.1. The van der Waals surface area contributed by atoms with Gasteiger partial charge in [-0.3, -0.25) is 0 Å². The molecule has 0 saturated carbocycles. The number of aromatic nitrogens is 4. The number of halogens is 4. The van der Waals surface area contributed by atoms with Crippen molar-refractivity contribution in [3.05, 3.63) is 52.1 Å². The van der Waals surface area contributed by atoms with Crippen LogP contribution in [0.15, 0.2) is 35.2 Å². The van der Waals surface area contributed by atoms with Crippen LogP contribution in [0.3, 0.4) is 0 Å². The summed E-state index contributed by atoms with van der Waals surface area (Å²) in [6.07, 6.45) is 3.67. The number of hydrogen-bond acceptors (Lipinski definition) is 4. The first-order valence-electron chi connectivity index (χ1n) is 7.02. The maximum atomic E-state index is 15.1. The molecule has 0 aliphatic rings. The Morgan fingerprint density at radius 1 is 1.24 bits per heavy atom. The summed E-state index contributed by atoms with van der Waals surface area (Å²) in [5, 5.41) is 7.47. The molecule has 2 heterocycles. The van der Waals surface area contributed by atoms with Gasteiger partial charge < -0.3 is 5.32 Å². The van der Waals surface area contributed by atoms with E-state index in [4.69, 9.17) is 11.6 Å². The molecule has 1 aromatic carbocycles. The highest BCUT2D eigenvalue weighted by molar-refractivity contribution is 9.10. The highest BCUT2D eigenvalue weighted by Gasteiger charge is 2.19. The van der Waals surface area contributed by atoms with Crippen LogP contribution in [-0.2, 0) is 0 Å². The Morgan fingerprint density at radius 3 is 2.64 bits per heavy atom. The lowest BCUT2D eigenvalue weighted by Crippen LogP contribution is -2.16. The average Bonchev–Trinajstić information content (AvgIpc) is 2.97. The molecule has 0 fully saturated rings. The summed E-state index contributed by atoms with van der Waals surface area (Å²) in [7, 11) is -0.815. The summed E-state index contributed by atoms with van der Waals surface area (Å²) in [5.41, 5.74) is 0.737. The molecule has 0 aliphatic heterocycles. The van der Waals surface area contributed by atoms with Crippen LogP contribution in [0.25, 0.3) is 5.69 Å². The third-order valence-electron chi connectivity index (χ3n) is 3.31. The molecule has 2 aromatic heterocycles. The average molecular weight is 447 g/mol. The first kappa shape index (κ1) is 18.2. The fourth-order valence-corrected chi connectivity index (χ4v) is 3.81. The summed E-state index contributed by atoms with van der Waals surface area (Å²) in [4.78, 5) is 7.96. The Kier molecular flexibility index (Phi) is 5.32. The van der Waals surface area contributed by atoms with Crippen molar-refractivity contribution in [2.24, 2.45) is 0 Å². The van der Waals surface area contributed by atoms with E-state index in [9.17, 15) is 4.39 Å². The Bertz CT molecular complexity index is 934. The number of benzene rings is 1. The maximum Gasteiger partial charge on any atom is 0.224 e. The van der Waals surface area contributed by atoms with E-state index in [0.717, 1.165) is 12.4 Å². The van der Waals surface area contributed by atoms with Gasteiger partial charge in [-0.25, -0.2) is 18.4 Å². The molecule has 0 amide bonds. The number of hydrogen-bond donors (Lipinski definition) is 1. The monoisotopic (exact) mass is 445 g/mol. The highest BCUT2D eigenvalue weighted by Crippen LogP contribution is 2.34. The lowest BCUT2D eigenvalue weighted by Gasteiger charge is -2.18. The van der Waals surface area contributed by atoms with Gasteiger partial charge in [-0.05, 0) is 53.0 Å². The van der Waals surface area contributed by atoms with Crippen molar-refractivity contribution in [3.63, 3.8) is 0 Å². The van der Waals surface area contributed by atoms with Gasteiger partial charge in [0.15, 0.2) is 11.6 Å². The second-order valence-electron chi connectivity index (χ2n) is 5.25. The zero-order valence-electron chi connectivity index (χ0n) is 13.1. The molecular formula is C15H12BrClF2N5P. The quantitative estimate of drug-likeness (QED) is 0.475. The van der Waals surface area contributed by atoms with Gasteiger partial charge in [0, 0.05) is 11.5 Å². The molecule has 1 N–H and O–H groups in total. The molecule has 0 unspecified atom stereocenters. The van der Waals surface area contributed by atoms with E-state index in [1.807, 2.05) is 13.3 Å². The van der Waals surface area contributed by atoms with Crippen LogP contribution < -0.4 is 10.6 Å². The minimum atomic E-state index is -0.815. The van der Waals surface area contributed by atoms with Crippen LogP contribution in [-0.4, -0.2) is 33.1 Å². The molecule has 5 nitrogen and oxygen atoms in total. The summed E-state index contributed by atoms with van der Waals surface area (Å²) in [6.45, 7) is 3.85. The van der Waals surface area contributed by atoms with E-state index >= 15 is 4.39 Å². The minimum absolute atomic E-state index is 0.0756. The largest absolute Gasteiger partial charge is 0.339 e. The van der Waals surface area contributed by atoms with E-state index in [0.29, 0.717) is 21.3 Å². The third-order valence-corrected chi connectivity index (χ3v) is 5.40. The smallest absolute Gasteiger partial charge is 0.224 e. The van der Waals surface area contributed by atoms with E-state index in [1.165, 1.54) is 16.9 Å². The van der Waals surface area contributed by atoms with Gasteiger partial charge in [0.1, 0.15) is 11.5 Å². The molecule has 0 radical (unpaired) electrons. The molecule has 0 spiro atoms. The molecule has 25 heavy (non-hydrogen) atoms. The predicted molar refractivity (Wildman–Crippen MR) is 99.9 cm³/mol. The Hall–Kier alpha value is -1.63. The van der Waals surface area contributed by atoms with Crippen molar-refractivity contribution < 1.29 is 8.78 Å². The number of nitrogens with zero attached hydrogens (tertiary/aromatic N) is 4. The second kappa shape index (κ2) is 7.32. The van der Waals surface area contributed by atoms with Gasteiger partial charge in [0.2, 0.25) is 5.28 Å². The zero-order valence-corrected chi connectivity index (χ0v) is 16.4. The van der Waals surface area contributed by atoms with Crippen molar-refractivity contribution in [3.8, 4) is 5.69 Å². The van der Waals surface area contributed by atoms with Crippen LogP contribution in [0.1, 0.15) is 0 Å². The fourth-order valence-electron chi connectivity index (χ4n) is 2.26. The molecule has 3 rings (SSSR count). The number of nitrogens with one attached hydrogen (secondary N) is 1. The summed E-state index contributed by atoms with van der Waals surface area (Å²) in [5.74, 6) is -0.561. The van der Waals surface area contributed by atoms with Gasteiger partial charge in [0.05, 0.1) is 22.6 Å². The van der Waals surface area contributed by atoms with Gasteiger partial charge in [-0.1, -0.05) is 7.92 Å². The van der Waals surface area contributed by atoms with Crippen molar-refractivity contribution in [2.45, 2.75) is 0 Å². The van der Waals surface area contributed by atoms with E-state index in [2.05, 4.69) is 36.3 Å². The molecule has 0 saturated heterocycles. The van der Waals surface area contributed by atoms with Crippen LogP contribution in [0.4, 0.5) is 20.3 Å². The van der Waals surface area contributed by atoms with Crippen molar-refractivity contribution in [2.75, 3.05) is 18.6 Å². The molecule has 0 bridgehead atoms. The Balaban J connectivity index is 2.08. The molecule has 0 atom stereocenters. The Labute approximate surface area is 157 Å². The maximum absolute atomic E-state index is 15.1. The molecule has 3 aromatic rings. The third kappa shape index (κ3) is 3.81. The van der Waals surface area contributed by atoms with Gasteiger partial charge in [0.25, 0.3) is 0 Å². The summed E-state index contributed by atoms with van der Waals surface area (Å²) >= 11 is 9.16.